The second-order valence-corrected chi connectivity index (χ2v) is 5.61. The standard InChI is InChI=1S/C26H23N/c1-5-9-14-21(6-2)19-20-22(7-3)24(8-4)26-18-13-17-25(27-26)23-15-11-10-12-16-23/h5-18H,2-4H2,1H3/b9-5-,21-14+,24-22-. The molecule has 0 aliphatic carbocycles. The quantitative estimate of drug-likeness (QED) is 0.425. The Kier molecular flexibility index (Phi) is 7.57. The van der Waals surface area contributed by atoms with Gasteiger partial charge in [-0.1, -0.05) is 98.4 Å². The van der Waals surface area contributed by atoms with E-state index in [1.165, 1.54) is 0 Å². The molecule has 0 fully saturated rings. The molecule has 1 aromatic carbocycles. The van der Waals surface area contributed by atoms with E-state index in [0.717, 1.165) is 33.7 Å². The first-order valence-corrected chi connectivity index (χ1v) is 8.73. The molecular weight excluding hydrogens is 326 g/mol. The molecule has 0 amide bonds. The lowest BCUT2D eigenvalue weighted by Crippen LogP contribution is -1.93. The fourth-order valence-corrected chi connectivity index (χ4v) is 2.44. The molecule has 0 N–H and O–H groups in total. The summed E-state index contributed by atoms with van der Waals surface area (Å²) in [6.45, 7) is 13.6. The van der Waals surface area contributed by atoms with Crippen molar-refractivity contribution in [3.8, 4) is 23.1 Å². The Hall–Kier alpha value is -3.63. The predicted molar refractivity (Wildman–Crippen MR) is 118 cm³/mol. The largest absolute Gasteiger partial charge is 0.248 e. The van der Waals surface area contributed by atoms with E-state index < -0.39 is 0 Å². The van der Waals surface area contributed by atoms with Gasteiger partial charge in [-0.25, -0.2) is 4.98 Å². The fourth-order valence-electron chi connectivity index (χ4n) is 2.44. The van der Waals surface area contributed by atoms with Crippen molar-refractivity contribution in [2.45, 2.75) is 6.92 Å². The zero-order chi connectivity index (χ0) is 19.5. The Morgan fingerprint density at radius 1 is 0.889 bits per heavy atom. The normalized spacial score (nSPS) is 12.0. The first-order valence-electron chi connectivity index (χ1n) is 8.73. The van der Waals surface area contributed by atoms with E-state index in [2.05, 4.69) is 31.6 Å². The van der Waals surface area contributed by atoms with Crippen LogP contribution in [0.3, 0.4) is 0 Å². The van der Waals surface area contributed by atoms with Crippen LogP contribution in [0.25, 0.3) is 16.8 Å². The van der Waals surface area contributed by atoms with Crippen molar-refractivity contribution >= 4 is 5.57 Å². The zero-order valence-electron chi connectivity index (χ0n) is 15.7. The monoisotopic (exact) mass is 349 g/mol. The number of nitrogens with zero attached hydrogens (tertiary/aromatic N) is 1. The topological polar surface area (TPSA) is 12.9 Å². The van der Waals surface area contributed by atoms with E-state index in [0.29, 0.717) is 0 Å². The third-order valence-corrected chi connectivity index (χ3v) is 3.82. The third-order valence-electron chi connectivity index (χ3n) is 3.82. The Balaban J connectivity index is 2.51. The molecule has 1 nitrogen and oxygen atoms in total. The minimum atomic E-state index is 0.774. The van der Waals surface area contributed by atoms with Crippen molar-refractivity contribution in [3.63, 3.8) is 0 Å². The molecule has 1 aromatic heterocycles. The van der Waals surface area contributed by atoms with Crippen LogP contribution < -0.4 is 0 Å². The highest BCUT2D eigenvalue weighted by Gasteiger charge is 2.06. The van der Waals surface area contributed by atoms with Crippen LogP contribution >= 0.6 is 0 Å². The smallest absolute Gasteiger partial charge is 0.0721 e. The summed E-state index contributed by atoms with van der Waals surface area (Å²) >= 11 is 0. The van der Waals surface area contributed by atoms with Gasteiger partial charge in [0.1, 0.15) is 0 Å². The van der Waals surface area contributed by atoms with Gasteiger partial charge in [-0.15, -0.1) is 0 Å². The Labute approximate surface area is 162 Å². The minimum Gasteiger partial charge on any atom is -0.248 e. The summed E-state index contributed by atoms with van der Waals surface area (Å²) in [6.07, 6.45) is 11.0. The van der Waals surface area contributed by atoms with Crippen LogP contribution in [0.1, 0.15) is 12.6 Å². The van der Waals surface area contributed by atoms with Gasteiger partial charge in [0.2, 0.25) is 0 Å². The first-order chi connectivity index (χ1) is 13.2. The lowest BCUT2D eigenvalue weighted by Gasteiger charge is -2.07. The zero-order valence-corrected chi connectivity index (χ0v) is 15.7. The number of aromatic nitrogens is 1. The van der Waals surface area contributed by atoms with E-state index in [1.807, 2.05) is 73.7 Å². The average molecular weight is 349 g/mol. The molecule has 0 spiro atoms. The molecule has 0 unspecified atom stereocenters. The van der Waals surface area contributed by atoms with E-state index in [1.54, 1.807) is 18.2 Å². The Morgan fingerprint density at radius 2 is 1.67 bits per heavy atom. The molecule has 0 aliphatic rings. The van der Waals surface area contributed by atoms with Gasteiger partial charge in [-0.3, -0.25) is 0 Å². The van der Waals surface area contributed by atoms with Gasteiger partial charge in [-0.05, 0) is 25.1 Å². The van der Waals surface area contributed by atoms with Gasteiger partial charge in [0.15, 0.2) is 0 Å². The summed E-state index contributed by atoms with van der Waals surface area (Å²) < 4.78 is 0. The van der Waals surface area contributed by atoms with Crippen molar-refractivity contribution in [2.24, 2.45) is 0 Å². The minimum absolute atomic E-state index is 0.774. The molecule has 1 heterocycles. The summed E-state index contributed by atoms with van der Waals surface area (Å²) in [5.74, 6) is 6.29. The predicted octanol–water partition coefficient (Wildman–Crippen LogP) is 6.57. The van der Waals surface area contributed by atoms with E-state index >= 15 is 0 Å². The van der Waals surface area contributed by atoms with Crippen LogP contribution in [-0.4, -0.2) is 4.98 Å². The molecule has 0 atom stereocenters. The SMILES string of the molecule is C=C/C(C#C/C(C=C)=C/C=C\C)=C(\C=C)c1cccc(-c2ccccc2)n1. The maximum atomic E-state index is 4.79. The Morgan fingerprint density at radius 3 is 2.30 bits per heavy atom. The van der Waals surface area contributed by atoms with E-state index in [4.69, 9.17) is 4.98 Å². The van der Waals surface area contributed by atoms with Crippen molar-refractivity contribution in [1.29, 1.82) is 0 Å². The number of hydrogen-bond acceptors (Lipinski definition) is 1. The second kappa shape index (κ2) is 10.4. The van der Waals surface area contributed by atoms with E-state index in [9.17, 15) is 0 Å². The van der Waals surface area contributed by atoms with Gasteiger partial charge in [0, 0.05) is 22.3 Å². The molecule has 0 saturated carbocycles. The van der Waals surface area contributed by atoms with Gasteiger partial charge < -0.3 is 0 Å². The van der Waals surface area contributed by atoms with Gasteiger partial charge in [0.25, 0.3) is 0 Å². The average Bonchev–Trinajstić information content (AvgIpc) is 2.73. The molecule has 0 bridgehead atoms. The van der Waals surface area contributed by atoms with Crippen LogP contribution in [0.15, 0.2) is 116 Å². The fraction of sp³-hybridized carbons (Fsp3) is 0.0385. The molecule has 2 rings (SSSR count). The Bertz CT molecular complexity index is 974. The van der Waals surface area contributed by atoms with Crippen LogP contribution in [-0.2, 0) is 0 Å². The molecule has 1 heteroatoms. The summed E-state index contributed by atoms with van der Waals surface area (Å²) in [7, 11) is 0. The van der Waals surface area contributed by atoms with Crippen LogP contribution in [0, 0.1) is 11.8 Å². The first kappa shape index (κ1) is 19.7. The molecule has 27 heavy (non-hydrogen) atoms. The molecular formula is C26H23N. The van der Waals surface area contributed by atoms with Crippen LogP contribution in [0.5, 0.6) is 0 Å². The van der Waals surface area contributed by atoms with Crippen molar-refractivity contribution in [1.82, 2.24) is 4.98 Å². The second-order valence-electron chi connectivity index (χ2n) is 5.61. The maximum Gasteiger partial charge on any atom is 0.0721 e. The molecule has 0 saturated heterocycles. The number of rotatable bonds is 6. The summed E-state index contributed by atoms with van der Waals surface area (Å²) in [4.78, 5) is 4.79. The van der Waals surface area contributed by atoms with Gasteiger partial charge >= 0.3 is 0 Å². The number of allylic oxidation sites excluding steroid dienone is 9. The van der Waals surface area contributed by atoms with Crippen LogP contribution in [0.2, 0.25) is 0 Å². The van der Waals surface area contributed by atoms with Crippen molar-refractivity contribution in [2.75, 3.05) is 0 Å². The van der Waals surface area contributed by atoms with E-state index in [-0.39, 0.29) is 0 Å². The third kappa shape index (κ3) is 5.42. The van der Waals surface area contributed by atoms with Gasteiger partial charge in [-0.2, -0.15) is 0 Å². The maximum absolute atomic E-state index is 4.79. The highest BCUT2D eigenvalue weighted by atomic mass is 14.7. The summed E-state index contributed by atoms with van der Waals surface area (Å²) in [5.41, 5.74) is 5.25. The summed E-state index contributed by atoms with van der Waals surface area (Å²) in [6, 6.07) is 16.0. The lowest BCUT2D eigenvalue weighted by molar-refractivity contribution is 1.28. The molecule has 0 aliphatic heterocycles. The molecule has 0 radical (unpaired) electrons. The van der Waals surface area contributed by atoms with Crippen LogP contribution in [0.4, 0.5) is 0 Å². The number of benzene rings is 1. The molecule has 132 valence electrons. The number of hydrogen-bond donors (Lipinski definition) is 0. The summed E-state index contributed by atoms with van der Waals surface area (Å²) in [5, 5.41) is 0. The number of pyridine rings is 1. The van der Waals surface area contributed by atoms with Crippen molar-refractivity contribution in [3.05, 3.63) is 122 Å². The highest BCUT2D eigenvalue weighted by Crippen LogP contribution is 2.23. The highest BCUT2D eigenvalue weighted by molar-refractivity contribution is 5.80. The van der Waals surface area contributed by atoms with Crippen molar-refractivity contribution < 1.29 is 0 Å². The lowest BCUT2D eigenvalue weighted by atomic mass is 10.0. The van der Waals surface area contributed by atoms with Gasteiger partial charge in [0.05, 0.1) is 11.4 Å². The molecule has 2 aromatic rings.